The number of carboxylic acids is 1. The largest absolute Gasteiger partial charge is 0.493 e. The van der Waals surface area contributed by atoms with Crippen molar-refractivity contribution in [2.45, 2.75) is 11.8 Å². The molecule has 8 heteroatoms. The Morgan fingerprint density at radius 3 is 2.47 bits per heavy atom. The Morgan fingerprint density at radius 2 is 2.06 bits per heavy atom. The van der Waals surface area contributed by atoms with Gasteiger partial charge in [-0.15, -0.1) is 0 Å². The van der Waals surface area contributed by atoms with Gasteiger partial charge in [-0.3, -0.25) is 0 Å². The number of aromatic carboxylic acids is 1. The number of halogens is 2. The number of hydrogen-bond acceptors (Lipinski definition) is 4. The second kappa shape index (κ2) is 5.12. The number of carbonyl (C=O) groups is 1. The first-order valence-electron chi connectivity index (χ1n) is 4.41. The molecule has 1 rings (SSSR count). The van der Waals surface area contributed by atoms with Gasteiger partial charge in [-0.05, 0) is 13.0 Å². The first-order valence-corrected chi connectivity index (χ1v) is 7.10. The lowest BCUT2D eigenvalue weighted by Gasteiger charge is -2.09. The van der Waals surface area contributed by atoms with E-state index in [0.29, 0.717) is 0 Å². The topological polar surface area (TPSA) is 80.7 Å². The molecule has 0 aliphatic rings. The molecule has 0 saturated carbocycles. The number of carboxylic acid groups (broad SMARTS) is 1. The fraction of sp³-hybridized carbons (Fsp3) is 0.222. The number of benzene rings is 1. The lowest BCUT2D eigenvalue weighted by Crippen LogP contribution is -2.05. The Labute approximate surface area is 107 Å². The van der Waals surface area contributed by atoms with E-state index in [1.54, 1.807) is 6.92 Å². The van der Waals surface area contributed by atoms with E-state index in [0.717, 1.165) is 12.1 Å². The Kier molecular flexibility index (Phi) is 4.24. The lowest BCUT2D eigenvalue weighted by molar-refractivity contribution is 0.0692. The molecule has 0 aliphatic carbocycles. The fourth-order valence-electron chi connectivity index (χ4n) is 1.16. The molecule has 5 nitrogen and oxygen atoms in total. The van der Waals surface area contributed by atoms with E-state index < -0.39 is 19.9 Å². The van der Waals surface area contributed by atoms with Gasteiger partial charge < -0.3 is 9.84 Å². The van der Waals surface area contributed by atoms with Crippen molar-refractivity contribution in [3.63, 3.8) is 0 Å². The van der Waals surface area contributed by atoms with Crippen molar-refractivity contribution in [3.8, 4) is 5.75 Å². The SMILES string of the molecule is CCOc1cc(Cl)c(S(=O)(=O)Cl)cc1C(=O)O. The molecular formula is C9H8Cl2O5S. The summed E-state index contributed by atoms with van der Waals surface area (Å²) in [4.78, 5) is 10.5. The van der Waals surface area contributed by atoms with Crippen molar-refractivity contribution < 1.29 is 23.1 Å². The maximum atomic E-state index is 11.1. The van der Waals surface area contributed by atoms with Gasteiger partial charge in [0, 0.05) is 16.7 Å². The van der Waals surface area contributed by atoms with Crippen molar-refractivity contribution in [1.82, 2.24) is 0 Å². The second-order valence-electron chi connectivity index (χ2n) is 2.95. The van der Waals surface area contributed by atoms with Gasteiger partial charge in [0.1, 0.15) is 16.2 Å². The molecule has 94 valence electrons. The van der Waals surface area contributed by atoms with Gasteiger partial charge in [0.05, 0.1) is 11.6 Å². The zero-order valence-corrected chi connectivity index (χ0v) is 10.9. The molecule has 0 aromatic heterocycles. The highest BCUT2D eigenvalue weighted by Gasteiger charge is 2.21. The first-order chi connectivity index (χ1) is 7.77. The average Bonchev–Trinajstić information content (AvgIpc) is 2.15. The summed E-state index contributed by atoms with van der Waals surface area (Å²) in [5, 5.41) is 8.73. The Bertz CT molecular complexity index is 553. The molecule has 0 spiro atoms. The molecule has 0 aliphatic heterocycles. The number of ether oxygens (including phenoxy) is 1. The van der Waals surface area contributed by atoms with E-state index in [2.05, 4.69) is 0 Å². The van der Waals surface area contributed by atoms with Crippen molar-refractivity contribution in [1.29, 1.82) is 0 Å². The van der Waals surface area contributed by atoms with Gasteiger partial charge in [-0.2, -0.15) is 0 Å². The predicted octanol–water partition coefficient (Wildman–Crippen LogP) is 2.36. The quantitative estimate of drug-likeness (QED) is 0.863. The summed E-state index contributed by atoms with van der Waals surface area (Å²) in [5.74, 6) is -1.33. The molecule has 0 unspecified atom stereocenters. The third-order valence-electron chi connectivity index (χ3n) is 1.83. The highest BCUT2D eigenvalue weighted by Crippen LogP contribution is 2.32. The van der Waals surface area contributed by atoms with Gasteiger partial charge in [0.2, 0.25) is 0 Å². The van der Waals surface area contributed by atoms with Crippen LogP contribution in [0.2, 0.25) is 5.02 Å². The molecule has 0 radical (unpaired) electrons. The first kappa shape index (κ1) is 14.1. The van der Waals surface area contributed by atoms with Crippen LogP contribution in [0, 0.1) is 0 Å². The van der Waals surface area contributed by atoms with E-state index in [1.165, 1.54) is 0 Å². The summed E-state index contributed by atoms with van der Waals surface area (Å²) in [7, 11) is 1.02. The molecule has 0 atom stereocenters. The van der Waals surface area contributed by atoms with Crippen LogP contribution in [0.5, 0.6) is 5.75 Å². The smallest absolute Gasteiger partial charge is 0.339 e. The molecular weight excluding hydrogens is 291 g/mol. The van der Waals surface area contributed by atoms with Crippen LogP contribution in [-0.4, -0.2) is 26.1 Å². The molecule has 1 N–H and O–H groups in total. The van der Waals surface area contributed by atoms with Gasteiger partial charge in [0.25, 0.3) is 9.05 Å². The van der Waals surface area contributed by atoms with Crippen LogP contribution in [0.25, 0.3) is 0 Å². The molecule has 0 heterocycles. The van der Waals surface area contributed by atoms with E-state index in [9.17, 15) is 13.2 Å². The molecule has 0 amide bonds. The number of hydrogen-bond donors (Lipinski definition) is 1. The van der Waals surface area contributed by atoms with Crippen LogP contribution in [0.1, 0.15) is 17.3 Å². The monoisotopic (exact) mass is 298 g/mol. The lowest BCUT2D eigenvalue weighted by atomic mass is 10.2. The summed E-state index contributed by atoms with van der Waals surface area (Å²) in [6.45, 7) is 1.88. The molecule has 17 heavy (non-hydrogen) atoms. The molecule has 1 aromatic carbocycles. The maximum Gasteiger partial charge on any atom is 0.339 e. The van der Waals surface area contributed by atoms with Crippen molar-refractivity contribution >= 4 is 37.3 Å². The summed E-state index contributed by atoms with van der Waals surface area (Å²) >= 11 is 5.69. The van der Waals surface area contributed by atoms with E-state index >= 15 is 0 Å². The summed E-state index contributed by atoms with van der Waals surface area (Å²) < 4.78 is 27.3. The normalized spacial score (nSPS) is 11.2. The predicted molar refractivity (Wildman–Crippen MR) is 62.6 cm³/mol. The Hall–Kier alpha value is -0.980. The Balaban J connectivity index is 3.51. The van der Waals surface area contributed by atoms with Gasteiger partial charge >= 0.3 is 5.97 Å². The highest BCUT2D eigenvalue weighted by molar-refractivity contribution is 8.13. The third-order valence-corrected chi connectivity index (χ3v) is 3.61. The third kappa shape index (κ3) is 3.24. The van der Waals surface area contributed by atoms with Crippen LogP contribution >= 0.6 is 22.3 Å². The van der Waals surface area contributed by atoms with Crippen LogP contribution in [0.3, 0.4) is 0 Å². The second-order valence-corrected chi connectivity index (χ2v) is 5.90. The minimum Gasteiger partial charge on any atom is -0.493 e. The zero-order chi connectivity index (χ0) is 13.2. The van der Waals surface area contributed by atoms with Gasteiger partial charge in [-0.25, -0.2) is 13.2 Å². The minimum atomic E-state index is -4.10. The highest BCUT2D eigenvalue weighted by atomic mass is 35.7. The minimum absolute atomic E-state index is 0.00549. The van der Waals surface area contributed by atoms with Crippen molar-refractivity contribution in [3.05, 3.63) is 22.7 Å². The van der Waals surface area contributed by atoms with E-state index in [4.69, 9.17) is 32.1 Å². The molecule has 0 bridgehead atoms. The number of rotatable bonds is 4. The summed E-state index contributed by atoms with van der Waals surface area (Å²) in [6, 6.07) is 1.99. The molecule has 1 aromatic rings. The molecule has 0 saturated heterocycles. The standard InChI is InChI=1S/C9H8Cl2O5S/c1-2-16-7-4-6(10)8(17(11,14)15)3-5(7)9(12)13/h3-4H,2H2,1H3,(H,12,13). The van der Waals surface area contributed by atoms with Gasteiger partial charge in [-0.1, -0.05) is 11.6 Å². The van der Waals surface area contributed by atoms with E-state index in [-0.39, 0.29) is 22.9 Å². The van der Waals surface area contributed by atoms with Crippen LogP contribution in [-0.2, 0) is 9.05 Å². The Morgan fingerprint density at radius 1 is 1.47 bits per heavy atom. The van der Waals surface area contributed by atoms with Crippen LogP contribution in [0.4, 0.5) is 0 Å². The van der Waals surface area contributed by atoms with Crippen molar-refractivity contribution in [2.75, 3.05) is 6.61 Å². The zero-order valence-electron chi connectivity index (χ0n) is 8.61. The van der Waals surface area contributed by atoms with Crippen LogP contribution in [0.15, 0.2) is 17.0 Å². The summed E-state index contributed by atoms with van der Waals surface area (Å²) in [6.07, 6.45) is 0. The summed E-state index contributed by atoms with van der Waals surface area (Å²) in [5.41, 5.74) is -0.310. The maximum absolute atomic E-state index is 11.1. The van der Waals surface area contributed by atoms with Crippen molar-refractivity contribution in [2.24, 2.45) is 0 Å². The molecule has 0 fully saturated rings. The average molecular weight is 299 g/mol. The van der Waals surface area contributed by atoms with E-state index in [1.807, 2.05) is 0 Å². The fourth-order valence-corrected chi connectivity index (χ4v) is 2.67. The van der Waals surface area contributed by atoms with Crippen LogP contribution < -0.4 is 4.74 Å². The van der Waals surface area contributed by atoms with Gasteiger partial charge in [0.15, 0.2) is 0 Å².